The lowest BCUT2D eigenvalue weighted by molar-refractivity contribution is 0.0844. The molecular formula is C32H24O10. The van der Waals surface area contributed by atoms with Crippen LogP contribution in [0, 0.1) is 6.92 Å². The first kappa shape index (κ1) is 26.6. The van der Waals surface area contributed by atoms with E-state index in [2.05, 4.69) is 0 Å². The van der Waals surface area contributed by atoms with E-state index >= 15 is 0 Å². The summed E-state index contributed by atoms with van der Waals surface area (Å²) in [5, 5.41) is 40.9. The molecule has 4 N–H and O–H groups in total. The molecule has 2 heterocycles. The Morgan fingerprint density at radius 2 is 1.60 bits per heavy atom. The number of aromatic hydroxyl groups is 4. The second kappa shape index (κ2) is 10.1. The smallest absolute Gasteiger partial charge is 0.211 e. The Morgan fingerprint density at radius 1 is 0.881 bits per heavy atom. The van der Waals surface area contributed by atoms with Crippen LogP contribution in [0.2, 0.25) is 0 Å². The monoisotopic (exact) mass is 568 g/mol. The molecule has 0 aliphatic carbocycles. The number of rotatable bonds is 5. The third-order valence-corrected chi connectivity index (χ3v) is 7.17. The van der Waals surface area contributed by atoms with E-state index in [0.29, 0.717) is 16.9 Å². The Hall–Kier alpha value is -5.64. The van der Waals surface area contributed by atoms with Gasteiger partial charge in [-0.1, -0.05) is 12.1 Å². The number of phenols is 4. The molecule has 0 saturated carbocycles. The fourth-order valence-corrected chi connectivity index (χ4v) is 4.89. The number of benzene rings is 4. The summed E-state index contributed by atoms with van der Waals surface area (Å²) < 4.78 is 23.2. The highest BCUT2D eigenvalue weighted by Crippen LogP contribution is 2.46. The van der Waals surface area contributed by atoms with Gasteiger partial charge in [-0.2, -0.15) is 0 Å². The minimum Gasteiger partial charge on any atom is -0.508 e. The predicted molar refractivity (Wildman–Crippen MR) is 151 cm³/mol. The number of ketones is 1. The van der Waals surface area contributed by atoms with E-state index in [0.717, 1.165) is 0 Å². The van der Waals surface area contributed by atoms with Crippen LogP contribution in [0.3, 0.4) is 0 Å². The third-order valence-electron chi connectivity index (χ3n) is 7.17. The fraction of sp³-hybridized carbons (Fsp3) is 0.125. The summed E-state index contributed by atoms with van der Waals surface area (Å²) >= 11 is 0. The van der Waals surface area contributed by atoms with E-state index in [4.69, 9.17) is 18.6 Å². The normalized spacial score (nSPS) is 14.3. The van der Waals surface area contributed by atoms with Crippen molar-refractivity contribution in [3.8, 4) is 57.3 Å². The van der Waals surface area contributed by atoms with E-state index in [1.54, 1.807) is 36.4 Å². The number of ether oxygens (including phenoxy) is 3. The minimum atomic E-state index is -0.670. The number of hydrogen-bond acceptors (Lipinski definition) is 10. The Bertz CT molecular complexity index is 1920. The lowest BCUT2D eigenvalue weighted by Gasteiger charge is -2.27. The number of fused-ring (bicyclic) bond motifs is 2. The van der Waals surface area contributed by atoms with Crippen molar-refractivity contribution in [1.82, 2.24) is 0 Å². The SMILES string of the molecule is COc1cc2oc(-c3ccc(O)cc3)cc(=O)c2c(O)c1Oc1ccc([C@@H]2CC(=O)c3c(cc(O)c(C)c3O)O2)cc1. The van der Waals surface area contributed by atoms with Gasteiger partial charge >= 0.3 is 0 Å². The van der Waals surface area contributed by atoms with Gasteiger partial charge in [-0.15, -0.1) is 0 Å². The predicted octanol–water partition coefficient (Wildman–Crippen LogP) is 6.10. The Labute approximate surface area is 238 Å². The molecule has 0 amide bonds. The van der Waals surface area contributed by atoms with Crippen LogP contribution in [-0.2, 0) is 0 Å². The van der Waals surface area contributed by atoms with Gasteiger partial charge in [0.05, 0.1) is 13.5 Å². The van der Waals surface area contributed by atoms with Crippen LogP contribution in [0.15, 0.2) is 75.9 Å². The van der Waals surface area contributed by atoms with E-state index in [1.165, 1.54) is 44.4 Å². The summed E-state index contributed by atoms with van der Waals surface area (Å²) in [6, 6.07) is 16.7. The van der Waals surface area contributed by atoms with Gasteiger partial charge < -0.3 is 39.1 Å². The van der Waals surface area contributed by atoms with Crippen molar-refractivity contribution in [2.45, 2.75) is 19.4 Å². The molecule has 0 saturated heterocycles. The summed E-state index contributed by atoms with van der Waals surface area (Å²) in [4.78, 5) is 25.8. The molecule has 0 radical (unpaired) electrons. The first-order valence-electron chi connectivity index (χ1n) is 12.8. The zero-order chi connectivity index (χ0) is 29.7. The maximum Gasteiger partial charge on any atom is 0.211 e. The molecule has 5 aromatic rings. The molecule has 1 aliphatic heterocycles. The molecule has 0 unspecified atom stereocenters. The van der Waals surface area contributed by atoms with Gasteiger partial charge in [0, 0.05) is 29.3 Å². The van der Waals surface area contributed by atoms with Crippen molar-refractivity contribution >= 4 is 16.8 Å². The van der Waals surface area contributed by atoms with Crippen LogP contribution in [-0.4, -0.2) is 33.3 Å². The maximum absolute atomic E-state index is 13.0. The second-order valence-electron chi connectivity index (χ2n) is 9.80. The van der Waals surface area contributed by atoms with Crippen molar-refractivity contribution in [2.75, 3.05) is 7.11 Å². The van der Waals surface area contributed by atoms with Crippen LogP contribution >= 0.6 is 0 Å². The Balaban J connectivity index is 1.30. The Kier molecular flexibility index (Phi) is 6.38. The van der Waals surface area contributed by atoms with Crippen LogP contribution in [0.1, 0.15) is 34.0 Å². The summed E-state index contributed by atoms with van der Waals surface area (Å²) in [7, 11) is 1.38. The van der Waals surface area contributed by atoms with Crippen molar-refractivity contribution < 1.29 is 43.8 Å². The lowest BCUT2D eigenvalue weighted by atomic mass is 9.94. The molecule has 0 fully saturated rings. The molecule has 10 heteroatoms. The summed E-state index contributed by atoms with van der Waals surface area (Å²) in [5.41, 5.74) is 1.01. The van der Waals surface area contributed by atoms with Gasteiger partial charge in [0.25, 0.3) is 0 Å². The summed E-state index contributed by atoms with van der Waals surface area (Å²) in [5.74, 6) is -0.551. The molecule has 212 valence electrons. The van der Waals surface area contributed by atoms with E-state index in [1.807, 2.05) is 0 Å². The van der Waals surface area contributed by atoms with Gasteiger partial charge in [-0.3, -0.25) is 9.59 Å². The Morgan fingerprint density at radius 3 is 2.29 bits per heavy atom. The first-order valence-corrected chi connectivity index (χ1v) is 12.8. The molecule has 0 bridgehead atoms. The van der Waals surface area contributed by atoms with Crippen molar-refractivity contribution in [3.63, 3.8) is 0 Å². The van der Waals surface area contributed by atoms with Crippen LogP contribution in [0.5, 0.6) is 46.0 Å². The van der Waals surface area contributed by atoms with E-state index in [9.17, 15) is 30.0 Å². The molecule has 4 aromatic carbocycles. The molecular weight excluding hydrogens is 544 g/mol. The highest BCUT2D eigenvalue weighted by atomic mass is 16.5. The average molecular weight is 569 g/mol. The molecule has 42 heavy (non-hydrogen) atoms. The standard InChI is InChI=1S/C32H24O10/c1-15-20(34)11-25-28(30(15)37)21(35)12-24(41-25)17-5-9-19(10-6-17)40-32-27(39-2)14-26-29(31(32)38)22(36)13-23(42-26)16-3-7-18(33)8-4-16/h3-11,13-14,24,33-34,37-38H,12H2,1-2H3/t24-/m0/s1. The zero-order valence-corrected chi connectivity index (χ0v) is 22.4. The van der Waals surface area contributed by atoms with E-state index < -0.39 is 17.3 Å². The van der Waals surface area contributed by atoms with Crippen LogP contribution < -0.4 is 19.6 Å². The quantitative estimate of drug-likeness (QED) is 0.195. The number of hydrogen-bond donors (Lipinski definition) is 4. The molecule has 1 aliphatic rings. The topological polar surface area (TPSA) is 156 Å². The molecule has 1 aromatic heterocycles. The summed E-state index contributed by atoms with van der Waals surface area (Å²) in [6.45, 7) is 1.51. The molecule has 6 rings (SSSR count). The van der Waals surface area contributed by atoms with Gasteiger partial charge in [0.15, 0.2) is 22.7 Å². The lowest BCUT2D eigenvalue weighted by Crippen LogP contribution is -2.20. The molecule has 0 spiro atoms. The number of phenolic OH excluding ortho intramolecular Hbond substituents is 4. The van der Waals surface area contributed by atoms with Crippen LogP contribution in [0.4, 0.5) is 0 Å². The van der Waals surface area contributed by atoms with Gasteiger partial charge in [-0.25, -0.2) is 0 Å². The third kappa shape index (κ3) is 4.48. The van der Waals surface area contributed by atoms with Crippen molar-refractivity contribution in [2.24, 2.45) is 0 Å². The number of Topliss-reactive ketones (excluding diaryl/α,β-unsaturated/α-hetero) is 1. The van der Waals surface area contributed by atoms with Crippen molar-refractivity contribution in [3.05, 3.63) is 93.6 Å². The van der Waals surface area contributed by atoms with E-state index in [-0.39, 0.29) is 74.6 Å². The zero-order valence-electron chi connectivity index (χ0n) is 22.4. The summed E-state index contributed by atoms with van der Waals surface area (Å²) in [6.07, 6.45) is -0.691. The molecule has 10 nitrogen and oxygen atoms in total. The number of carbonyl (C=O) groups excluding carboxylic acids is 1. The van der Waals surface area contributed by atoms with Gasteiger partial charge in [0.1, 0.15) is 57.1 Å². The van der Waals surface area contributed by atoms with Crippen molar-refractivity contribution in [1.29, 1.82) is 0 Å². The van der Waals surface area contributed by atoms with Gasteiger partial charge in [0.2, 0.25) is 5.75 Å². The average Bonchev–Trinajstić information content (AvgIpc) is 2.97. The fourth-order valence-electron chi connectivity index (χ4n) is 4.89. The highest BCUT2D eigenvalue weighted by molar-refractivity contribution is 6.03. The van der Waals surface area contributed by atoms with Crippen LogP contribution in [0.25, 0.3) is 22.3 Å². The largest absolute Gasteiger partial charge is 0.508 e. The van der Waals surface area contributed by atoms with Gasteiger partial charge in [-0.05, 0) is 48.9 Å². The maximum atomic E-state index is 13.0. The number of carbonyl (C=O) groups is 1. The minimum absolute atomic E-state index is 0.0217. The second-order valence-corrected chi connectivity index (χ2v) is 9.80. The first-order chi connectivity index (χ1) is 20.1. The number of methoxy groups -OCH3 is 1. The molecule has 1 atom stereocenters. The highest BCUT2D eigenvalue weighted by Gasteiger charge is 2.32.